The molecule has 5 heteroatoms. The van der Waals surface area contributed by atoms with Crippen LogP contribution in [0.1, 0.15) is 12.8 Å². The van der Waals surface area contributed by atoms with Gasteiger partial charge in [0.25, 0.3) is 0 Å². The van der Waals surface area contributed by atoms with Gasteiger partial charge in [-0.25, -0.2) is 0 Å². The summed E-state index contributed by atoms with van der Waals surface area (Å²) in [5.41, 5.74) is 0. The van der Waals surface area contributed by atoms with Crippen LogP contribution in [0.15, 0.2) is 0 Å². The van der Waals surface area contributed by atoms with Gasteiger partial charge in [-0.2, -0.15) is 38.1 Å². The van der Waals surface area contributed by atoms with Crippen LogP contribution in [0.25, 0.3) is 0 Å². The minimum atomic E-state index is 0. The summed E-state index contributed by atoms with van der Waals surface area (Å²) in [4.78, 5) is 0. The van der Waals surface area contributed by atoms with Gasteiger partial charge in [0.15, 0.2) is 0 Å². The van der Waals surface area contributed by atoms with Gasteiger partial charge < -0.3 is 6.42 Å². The van der Waals surface area contributed by atoms with Crippen LogP contribution in [0.4, 0.5) is 0 Å². The van der Waals surface area contributed by atoms with Crippen molar-refractivity contribution in [1.29, 1.82) is 0 Å². The summed E-state index contributed by atoms with van der Waals surface area (Å²) in [7, 11) is 0. The SMILES string of the molecule is SCC[CH-]CCS.[Y].[Y].[Y]. The Hall–Kier alpha value is 4.01. The molecule has 0 rings (SSSR count). The number of hydrogen-bond donors (Lipinski definition) is 2. The average Bonchev–Trinajstić information content (AvgIpc) is 1.69. The first kappa shape index (κ1) is 23.7. The van der Waals surface area contributed by atoms with Gasteiger partial charge in [0, 0.05) is 98.1 Å². The summed E-state index contributed by atoms with van der Waals surface area (Å²) in [5, 5.41) is 0. The number of thiol groups is 2. The van der Waals surface area contributed by atoms with Crippen molar-refractivity contribution in [1.82, 2.24) is 0 Å². The molecule has 53 valence electrons. The van der Waals surface area contributed by atoms with E-state index in [9.17, 15) is 0 Å². The fourth-order valence-electron chi connectivity index (χ4n) is 0.327. The van der Waals surface area contributed by atoms with Crippen molar-refractivity contribution in [3.05, 3.63) is 6.42 Å². The van der Waals surface area contributed by atoms with Gasteiger partial charge in [-0.15, -0.1) is 0 Å². The molecule has 0 aliphatic heterocycles. The number of rotatable bonds is 4. The summed E-state index contributed by atoms with van der Waals surface area (Å²) >= 11 is 8.07. The van der Waals surface area contributed by atoms with E-state index in [4.69, 9.17) is 0 Å². The third-order valence-electron chi connectivity index (χ3n) is 0.666. The smallest absolute Gasteiger partial charge is 0 e. The van der Waals surface area contributed by atoms with E-state index in [0.29, 0.717) is 0 Å². The Bertz CT molecular complexity index is 34.1. The second kappa shape index (κ2) is 23.1. The Morgan fingerprint density at radius 1 is 0.800 bits per heavy atom. The first-order valence-corrected chi connectivity index (χ1v) is 3.71. The van der Waals surface area contributed by atoms with Crippen molar-refractivity contribution in [3.63, 3.8) is 0 Å². The average molecular weight is 402 g/mol. The minimum absolute atomic E-state index is 0. The normalized spacial score (nSPS) is 6.60. The largest absolute Gasteiger partial charge is 0.327 e. The first-order valence-electron chi connectivity index (χ1n) is 2.45. The second-order valence-electron chi connectivity index (χ2n) is 1.31. The zero-order valence-corrected chi connectivity index (χ0v) is 16.3. The van der Waals surface area contributed by atoms with E-state index in [1.807, 2.05) is 0 Å². The topological polar surface area (TPSA) is 0 Å². The third-order valence-corrected chi connectivity index (χ3v) is 1.18. The van der Waals surface area contributed by atoms with E-state index in [1.54, 1.807) is 0 Å². The summed E-state index contributed by atoms with van der Waals surface area (Å²) in [6.45, 7) is 0. The molecule has 3 radical (unpaired) electrons. The van der Waals surface area contributed by atoms with Gasteiger partial charge in [0.1, 0.15) is 0 Å². The molecule has 0 nitrogen and oxygen atoms in total. The van der Waals surface area contributed by atoms with Crippen LogP contribution in [0.5, 0.6) is 0 Å². The van der Waals surface area contributed by atoms with Gasteiger partial charge >= 0.3 is 0 Å². The summed E-state index contributed by atoms with van der Waals surface area (Å²) < 4.78 is 0. The van der Waals surface area contributed by atoms with Crippen LogP contribution in [0, 0.1) is 6.42 Å². The Labute approximate surface area is 151 Å². The molecule has 0 aliphatic rings. The zero-order valence-electron chi connectivity index (χ0n) is 6.03. The van der Waals surface area contributed by atoms with Crippen LogP contribution in [0.3, 0.4) is 0 Å². The maximum absolute atomic E-state index is 4.04. The van der Waals surface area contributed by atoms with E-state index in [1.165, 1.54) is 0 Å². The monoisotopic (exact) mass is 402 g/mol. The van der Waals surface area contributed by atoms with Crippen molar-refractivity contribution >= 4 is 25.3 Å². The molecule has 0 saturated carbocycles. The maximum atomic E-state index is 4.04. The molecule has 0 unspecified atom stereocenters. The maximum Gasteiger partial charge on any atom is 0 e. The van der Waals surface area contributed by atoms with E-state index in [-0.39, 0.29) is 98.1 Å². The van der Waals surface area contributed by atoms with Crippen LogP contribution in [-0.2, 0) is 98.1 Å². The molecule has 0 N–H and O–H groups in total. The second-order valence-corrected chi connectivity index (χ2v) is 2.21. The Morgan fingerprint density at radius 2 is 1.10 bits per heavy atom. The van der Waals surface area contributed by atoms with Crippen LogP contribution in [0.2, 0.25) is 0 Å². The quantitative estimate of drug-likeness (QED) is 0.401. The summed E-state index contributed by atoms with van der Waals surface area (Å²) in [5.74, 6) is 1.93. The first-order chi connectivity index (χ1) is 3.41. The van der Waals surface area contributed by atoms with Gasteiger partial charge in [-0.1, -0.05) is 0 Å². The standard InChI is InChI=1S/C5H11S2.3Y/c6-4-2-1-3-5-7;;;/h1,6-7H,2-5H2;;;/q-1;;;. The van der Waals surface area contributed by atoms with Crippen molar-refractivity contribution in [2.75, 3.05) is 11.5 Å². The fourth-order valence-corrected chi connectivity index (χ4v) is 0.692. The minimum Gasteiger partial charge on any atom is -0.327 e. The molecule has 0 saturated heterocycles. The van der Waals surface area contributed by atoms with Crippen molar-refractivity contribution in [3.8, 4) is 0 Å². The van der Waals surface area contributed by atoms with Crippen molar-refractivity contribution in [2.45, 2.75) is 12.8 Å². The zero-order chi connectivity index (χ0) is 5.54. The Balaban J connectivity index is -0.0000000600. The van der Waals surface area contributed by atoms with Crippen LogP contribution < -0.4 is 0 Å². The molecule has 0 atom stereocenters. The molecule has 0 fully saturated rings. The molecule has 0 spiro atoms. The molecule has 10 heavy (non-hydrogen) atoms. The molecule has 0 heterocycles. The predicted octanol–water partition coefficient (Wildman–Crippen LogP) is 1.82. The van der Waals surface area contributed by atoms with Gasteiger partial charge in [-0.3, -0.25) is 0 Å². The van der Waals surface area contributed by atoms with Crippen LogP contribution in [-0.4, -0.2) is 11.5 Å². The van der Waals surface area contributed by atoms with E-state index in [2.05, 4.69) is 31.7 Å². The molecule has 0 amide bonds. The van der Waals surface area contributed by atoms with E-state index < -0.39 is 0 Å². The molecule has 0 bridgehead atoms. The molecular weight excluding hydrogens is 391 g/mol. The van der Waals surface area contributed by atoms with E-state index in [0.717, 1.165) is 24.3 Å². The predicted molar refractivity (Wildman–Crippen MR) is 41.2 cm³/mol. The Kier molecular flexibility index (Phi) is 54.7. The van der Waals surface area contributed by atoms with Gasteiger partial charge in [0.05, 0.1) is 0 Å². The summed E-state index contributed by atoms with van der Waals surface area (Å²) in [6, 6.07) is 0. The van der Waals surface area contributed by atoms with Gasteiger partial charge in [0.2, 0.25) is 0 Å². The molecule has 0 aliphatic carbocycles. The Morgan fingerprint density at radius 3 is 1.30 bits per heavy atom. The fraction of sp³-hybridized carbons (Fsp3) is 0.800. The van der Waals surface area contributed by atoms with Gasteiger partial charge in [-0.05, 0) is 11.5 Å². The van der Waals surface area contributed by atoms with Crippen molar-refractivity contribution in [2.24, 2.45) is 0 Å². The summed E-state index contributed by atoms with van der Waals surface area (Å²) in [6.07, 6.45) is 4.44. The van der Waals surface area contributed by atoms with E-state index >= 15 is 0 Å². The molecule has 0 aromatic carbocycles. The molecule has 0 aromatic heterocycles. The number of hydrogen-bond acceptors (Lipinski definition) is 2. The van der Waals surface area contributed by atoms with Crippen LogP contribution >= 0.6 is 25.3 Å². The number of unbranched alkanes of at least 4 members (excludes halogenated alkanes) is 2. The molecular formula is C5H11S2Y3-. The third kappa shape index (κ3) is 22.7. The molecule has 0 aromatic rings. The van der Waals surface area contributed by atoms with Crippen molar-refractivity contribution < 1.29 is 98.1 Å².